The van der Waals surface area contributed by atoms with E-state index < -0.39 is 17.6 Å². The van der Waals surface area contributed by atoms with Crippen LogP contribution in [-0.2, 0) is 12.7 Å². The number of benzene rings is 2. The highest BCUT2D eigenvalue weighted by atomic mass is 19.4. The van der Waals surface area contributed by atoms with Crippen LogP contribution in [0.1, 0.15) is 27.0 Å². The van der Waals surface area contributed by atoms with Crippen molar-refractivity contribution in [3.63, 3.8) is 0 Å². The summed E-state index contributed by atoms with van der Waals surface area (Å²) >= 11 is 0. The maximum Gasteiger partial charge on any atom is 0.416 e. The number of hydrogen-bond acceptors (Lipinski definition) is 2. The van der Waals surface area contributed by atoms with Crippen LogP contribution in [-0.4, -0.2) is 24.9 Å². The van der Waals surface area contributed by atoms with E-state index in [2.05, 4.69) is 5.32 Å². The average Bonchev–Trinajstić information content (AvgIpc) is 2.47. The highest BCUT2D eigenvalue weighted by Crippen LogP contribution is 2.34. The molecule has 0 fully saturated rings. The lowest BCUT2D eigenvalue weighted by Crippen LogP contribution is -2.18. The van der Waals surface area contributed by atoms with Gasteiger partial charge in [-0.2, -0.15) is 13.2 Å². The molecule has 24 heavy (non-hydrogen) atoms. The quantitative estimate of drug-likeness (QED) is 0.901. The van der Waals surface area contributed by atoms with Gasteiger partial charge in [0.25, 0.3) is 5.91 Å². The Morgan fingerprint density at radius 2 is 1.71 bits per heavy atom. The third-order valence-corrected chi connectivity index (χ3v) is 3.47. The Bertz CT molecular complexity index is 722. The van der Waals surface area contributed by atoms with E-state index in [9.17, 15) is 18.0 Å². The van der Waals surface area contributed by atoms with Crippen LogP contribution in [0.4, 0.5) is 18.9 Å². The smallest absolute Gasteiger partial charge is 0.322 e. The van der Waals surface area contributed by atoms with Crippen LogP contribution >= 0.6 is 0 Å². The molecule has 0 heterocycles. The first-order chi connectivity index (χ1) is 11.2. The van der Waals surface area contributed by atoms with Crippen molar-refractivity contribution in [3.05, 3.63) is 64.7 Å². The maximum absolute atomic E-state index is 13.3. The fraction of sp³-hybridized carbons (Fsp3) is 0.278. The number of aryl methyl sites for hydroxylation is 1. The largest absolute Gasteiger partial charge is 0.416 e. The first-order valence-electron chi connectivity index (χ1n) is 7.39. The number of alkyl halides is 3. The van der Waals surface area contributed by atoms with Gasteiger partial charge in [0.2, 0.25) is 0 Å². The molecule has 6 heteroatoms. The lowest BCUT2D eigenvalue weighted by atomic mass is 10.1. The Hall–Kier alpha value is -2.34. The number of nitrogens with one attached hydrogen (secondary N) is 1. The molecule has 1 N–H and O–H groups in total. The zero-order chi connectivity index (χ0) is 17.9. The minimum Gasteiger partial charge on any atom is -0.322 e. The van der Waals surface area contributed by atoms with Crippen molar-refractivity contribution in [1.82, 2.24) is 4.90 Å². The number of nitrogens with zero attached hydrogens (tertiary/aromatic N) is 1. The van der Waals surface area contributed by atoms with Gasteiger partial charge < -0.3 is 10.2 Å². The second kappa shape index (κ2) is 7.05. The molecule has 2 aromatic carbocycles. The Labute approximate surface area is 139 Å². The monoisotopic (exact) mass is 336 g/mol. The molecular formula is C18H19F3N2O. The van der Waals surface area contributed by atoms with E-state index in [1.807, 2.05) is 6.92 Å². The van der Waals surface area contributed by atoms with Crippen molar-refractivity contribution in [2.75, 3.05) is 19.4 Å². The third-order valence-electron chi connectivity index (χ3n) is 3.47. The first kappa shape index (κ1) is 18.0. The summed E-state index contributed by atoms with van der Waals surface area (Å²) in [6.45, 7) is 2.06. The molecular weight excluding hydrogens is 317 g/mol. The lowest BCUT2D eigenvalue weighted by Gasteiger charge is -2.17. The highest BCUT2D eigenvalue weighted by molar-refractivity contribution is 6.04. The summed E-state index contributed by atoms with van der Waals surface area (Å²) in [6, 6.07) is 10.7. The van der Waals surface area contributed by atoms with Crippen molar-refractivity contribution in [2.45, 2.75) is 19.6 Å². The minimum absolute atomic E-state index is 0.121. The van der Waals surface area contributed by atoms with Crippen molar-refractivity contribution < 1.29 is 18.0 Å². The molecule has 2 aromatic rings. The SMILES string of the molecule is Cc1ccc(C(=O)Nc2ccc(CN(C)C)c(C(F)(F)F)c2)cc1. The van der Waals surface area contributed by atoms with Crippen molar-refractivity contribution in [2.24, 2.45) is 0 Å². The van der Waals surface area contributed by atoms with E-state index in [-0.39, 0.29) is 17.8 Å². The van der Waals surface area contributed by atoms with E-state index >= 15 is 0 Å². The van der Waals surface area contributed by atoms with Gasteiger partial charge >= 0.3 is 6.18 Å². The van der Waals surface area contributed by atoms with Gasteiger partial charge in [-0.15, -0.1) is 0 Å². The molecule has 0 aliphatic heterocycles. The molecule has 0 bridgehead atoms. The van der Waals surface area contributed by atoms with E-state index in [1.54, 1.807) is 43.3 Å². The Morgan fingerprint density at radius 1 is 1.08 bits per heavy atom. The van der Waals surface area contributed by atoms with E-state index in [0.717, 1.165) is 11.6 Å². The molecule has 0 aliphatic carbocycles. The standard InChI is InChI=1S/C18H19F3N2O/c1-12-4-6-13(7-5-12)17(24)22-15-9-8-14(11-23(2)3)16(10-15)18(19,20)21/h4-10H,11H2,1-3H3,(H,22,24). The predicted octanol–water partition coefficient (Wildman–Crippen LogP) is 4.33. The Balaban J connectivity index is 2.27. The summed E-state index contributed by atoms with van der Waals surface area (Å²) < 4.78 is 39.8. The summed E-state index contributed by atoms with van der Waals surface area (Å²) in [5.74, 6) is -0.441. The van der Waals surface area contributed by atoms with Gasteiger partial charge in [-0.3, -0.25) is 4.79 Å². The number of hydrogen-bond donors (Lipinski definition) is 1. The second-order valence-electron chi connectivity index (χ2n) is 5.93. The Morgan fingerprint density at radius 3 is 2.25 bits per heavy atom. The molecule has 0 aromatic heterocycles. The molecule has 3 nitrogen and oxygen atoms in total. The predicted molar refractivity (Wildman–Crippen MR) is 88.0 cm³/mol. The van der Waals surface area contributed by atoms with Gasteiger partial charge in [0.15, 0.2) is 0 Å². The summed E-state index contributed by atoms with van der Waals surface area (Å²) in [6.07, 6.45) is -4.48. The van der Waals surface area contributed by atoms with Crippen molar-refractivity contribution >= 4 is 11.6 Å². The van der Waals surface area contributed by atoms with Gasteiger partial charge in [0, 0.05) is 17.8 Å². The molecule has 0 atom stereocenters. The highest BCUT2D eigenvalue weighted by Gasteiger charge is 2.33. The lowest BCUT2D eigenvalue weighted by molar-refractivity contribution is -0.138. The van der Waals surface area contributed by atoms with E-state index in [0.29, 0.717) is 5.56 Å². The molecule has 0 saturated carbocycles. The van der Waals surface area contributed by atoms with Crippen LogP contribution in [0.5, 0.6) is 0 Å². The van der Waals surface area contributed by atoms with Gasteiger partial charge in [-0.25, -0.2) is 0 Å². The van der Waals surface area contributed by atoms with Gasteiger partial charge in [-0.05, 0) is 50.8 Å². The molecule has 128 valence electrons. The van der Waals surface area contributed by atoms with Crippen molar-refractivity contribution in [1.29, 1.82) is 0 Å². The van der Waals surface area contributed by atoms with Crippen LogP contribution < -0.4 is 5.32 Å². The van der Waals surface area contributed by atoms with Crippen LogP contribution in [0.15, 0.2) is 42.5 Å². The fourth-order valence-electron chi connectivity index (χ4n) is 2.30. The third kappa shape index (κ3) is 4.58. The molecule has 0 unspecified atom stereocenters. The van der Waals surface area contributed by atoms with Gasteiger partial charge in [0.05, 0.1) is 5.56 Å². The number of halogens is 3. The average molecular weight is 336 g/mol. The zero-order valence-electron chi connectivity index (χ0n) is 13.7. The molecule has 0 spiro atoms. The second-order valence-corrected chi connectivity index (χ2v) is 5.93. The van der Waals surface area contributed by atoms with Crippen LogP contribution in [0.2, 0.25) is 0 Å². The van der Waals surface area contributed by atoms with E-state index in [4.69, 9.17) is 0 Å². The maximum atomic E-state index is 13.3. The summed E-state index contributed by atoms with van der Waals surface area (Å²) in [7, 11) is 3.40. The molecule has 1 amide bonds. The van der Waals surface area contributed by atoms with Gasteiger partial charge in [-0.1, -0.05) is 23.8 Å². The number of anilines is 1. The Kier molecular flexibility index (Phi) is 5.29. The fourth-order valence-corrected chi connectivity index (χ4v) is 2.30. The summed E-state index contributed by atoms with van der Waals surface area (Å²) in [5.41, 5.74) is 0.944. The van der Waals surface area contributed by atoms with Crippen molar-refractivity contribution in [3.8, 4) is 0 Å². The number of amides is 1. The summed E-state index contributed by atoms with van der Waals surface area (Å²) in [5, 5.41) is 2.52. The molecule has 0 radical (unpaired) electrons. The molecule has 2 rings (SSSR count). The topological polar surface area (TPSA) is 32.3 Å². The van der Waals surface area contributed by atoms with Gasteiger partial charge in [0.1, 0.15) is 0 Å². The number of carbonyl (C=O) groups excluding carboxylic acids is 1. The van der Waals surface area contributed by atoms with Crippen LogP contribution in [0.3, 0.4) is 0 Å². The molecule has 0 saturated heterocycles. The first-order valence-corrected chi connectivity index (χ1v) is 7.39. The molecule has 0 aliphatic rings. The van der Waals surface area contributed by atoms with E-state index in [1.165, 1.54) is 12.1 Å². The van der Waals surface area contributed by atoms with Crippen LogP contribution in [0.25, 0.3) is 0 Å². The minimum atomic E-state index is -4.48. The number of rotatable bonds is 4. The normalized spacial score (nSPS) is 11.6. The number of carbonyl (C=O) groups is 1. The summed E-state index contributed by atoms with van der Waals surface area (Å²) in [4.78, 5) is 13.8. The zero-order valence-corrected chi connectivity index (χ0v) is 13.7. The van der Waals surface area contributed by atoms with Crippen LogP contribution in [0, 0.1) is 6.92 Å².